The van der Waals surface area contributed by atoms with Crippen molar-refractivity contribution >= 4 is 34.9 Å². The van der Waals surface area contributed by atoms with Crippen LogP contribution in [0.4, 0.5) is 9.18 Å². The van der Waals surface area contributed by atoms with E-state index in [0.717, 1.165) is 22.2 Å². The van der Waals surface area contributed by atoms with Crippen molar-refractivity contribution in [3.05, 3.63) is 76.4 Å². The lowest BCUT2D eigenvalue weighted by atomic mass is 9.81. The number of amides is 3. The highest BCUT2D eigenvalue weighted by molar-refractivity contribution is 8.18. The Morgan fingerprint density at radius 2 is 1.77 bits per heavy atom. The van der Waals surface area contributed by atoms with Crippen molar-refractivity contribution in [2.45, 2.75) is 25.7 Å². The Balaban J connectivity index is 1.55. The molecule has 2 aromatic rings. The Labute approximate surface area is 179 Å². The Hall–Kier alpha value is -2.93. The molecule has 7 heteroatoms. The Bertz CT molecular complexity index is 989. The van der Waals surface area contributed by atoms with Gasteiger partial charge in [0.15, 0.2) is 0 Å². The lowest BCUT2D eigenvalue weighted by Crippen LogP contribution is -2.38. The van der Waals surface area contributed by atoms with Crippen LogP contribution in [0.25, 0.3) is 6.08 Å². The van der Waals surface area contributed by atoms with Gasteiger partial charge in [0.05, 0.1) is 4.91 Å². The maximum Gasteiger partial charge on any atom is 0.293 e. The minimum Gasteiger partial charge on any atom is -0.354 e. The molecule has 1 fully saturated rings. The van der Waals surface area contributed by atoms with Crippen molar-refractivity contribution in [3.8, 4) is 0 Å². The highest BCUT2D eigenvalue weighted by atomic mass is 32.2. The van der Waals surface area contributed by atoms with Gasteiger partial charge in [0.1, 0.15) is 5.82 Å². The van der Waals surface area contributed by atoms with Crippen molar-refractivity contribution in [2.75, 3.05) is 13.1 Å². The molecule has 2 aromatic carbocycles. The minimum atomic E-state index is -0.480. The van der Waals surface area contributed by atoms with Crippen LogP contribution in [0.1, 0.15) is 31.4 Å². The third-order valence-corrected chi connectivity index (χ3v) is 5.79. The fraction of sp³-hybridized carbons (Fsp3) is 0.261. The number of thioether (sulfide) groups is 1. The van der Waals surface area contributed by atoms with Crippen molar-refractivity contribution in [2.24, 2.45) is 0 Å². The third-order valence-electron chi connectivity index (χ3n) is 4.88. The van der Waals surface area contributed by atoms with Gasteiger partial charge < -0.3 is 5.32 Å². The molecule has 3 rings (SSSR count). The molecule has 0 atom stereocenters. The van der Waals surface area contributed by atoms with Crippen LogP contribution in [0.5, 0.6) is 0 Å². The molecule has 0 unspecified atom stereocenters. The van der Waals surface area contributed by atoms with Crippen LogP contribution in [-0.4, -0.2) is 35.0 Å². The van der Waals surface area contributed by atoms with E-state index in [1.165, 1.54) is 18.2 Å². The number of carbonyl (C=O) groups excluding carboxylic acids is 3. The Morgan fingerprint density at radius 1 is 1.10 bits per heavy atom. The first-order valence-electron chi connectivity index (χ1n) is 9.60. The van der Waals surface area contributed by atoms with Gasteiger partial charge in [-0.3, -0.25) is 19.3 Å². The number of hydrogen-bond donors (Lipinski definition) is 1. The minimum absolute atomic E-state index is 0.0663. The number of imide groups is 1. The molecule has 3 amide bonds. The SMILES string of the molecule is CC(C)(CC(=O)NCCN1C(=O)SC(=Cc2ccccc2F)C1=O)c1ccccc1. The second kappa shape index (κ2) is 9.26. The molecule has 0 spiro atoms. The van der Waals surface area contributed by atoms with Gasteiger partial charge in [-0.15, -0.1) is 0 Å². The molecule has 1 aliphatic rings. The van der Waals surface area contributed by atoms with E-state index < -0.39 is 17.0 Å². The van der Waals surface area contributed by atoms with Crippen LogP contribution in [0, 0.1) is 5.82 Å². The van der Waals surface area contributed by atoms with Gasteiger partial charge in [-0.1, -0.05) is 62.4 Å². The molecule has 0 aliphatic carbocycles. The summed E-state index contributed by atoms with van der Waals surface area (Å²) in [7, 11) is 0. The highest BCUT2D eigenvalue weighted by Gasteiger charge is 2.35. The molecular formula is C23H23FN2O3S. The quantitative estimate of drug-likeness (QED) is 0.669. The summed E-state index contributed by atoms with van der Waals surface area (Å²) in [6, 6.07) is 15.8. The Morgan fingerprint density at radius 3 is 2.47 bits per heavy atom. The summed E-state index contributed by atoms with van der Waals surface area (Å²) in [6.45, 7) is 4.21. The van der Waals surface area contributed by atoms with Crippen molar-refractivity contribution in [1.82, 2.24) is 10.2 Å². The van der Waals surface area contributed by atoms with Gasteiger partial charge in [0.2, 0.25) is 5.91 Å². The molecule has 0 radical (unpaired) electrons. The van der Waals surface area contributed by atoms with E-state index in [4.69, 9.17) is 0 Å². The van der Waals surface area contributed by atoms with Gasteiger partial charge in [-0.25, -0.2) is 4.39 Å². The van der Waals surface area contributed by atoms with E-state index in [9.17, 15) is 18.8 Å². The number of rotatable bonds is 7. The summed E-state index contributed by atoms with van der Waals surface area (Å²) >= 11 is 0.771. The Kier molecular flexibility index (Phi) is 6.72. The first-order chi connectivity index (χ1) is 14.3. The van der Waals surface area contributed by atoms with Crippen LogP contribution in [0.3, 0.4) is 0 Å². The number of carbonyl (C=O) groups is 3. The zero-order valence-electron chi connectivity index (χ0n) is 16.9. The summed E-state index contributed by atoms with van der Waals surface area (Å²) in [5, 5.41) is 2.35. The molecule has 1 saturated heterocycles. The van der Waals surface area contributed by atoms with Gasteiger partial charge in [-0.05, 0) is 34.9 Å². The predicted octanol–water partition coefficient (Wildman–Crippen LogP) is 4.35. The maximum atomic E-state index is 13.8. The standard InChI is InChI=1S/C23H23FN2O3S/c1-23(2,17-9-4-3-5-10-17)15-20(27)25-12-13-26-21(28)19(30-22(26)29)14-16-8-6-7-11-18(16)24/h3-11,14H,12-13,15H2,1-2H3,(H,25,27). The van der Waals surface area contributed by atoms with Crippen molar-refractivity contribution in [1.29, 1.82) is 0 Å². The normalized spacial score (nSPS) is 15.7. The topological polar surface area (TPSA) is 66.5 Å². The molecule has 0 aromatic heterocycles. The van der Waals surface area contributed by atoms with Crippen LogP contribution >= 0.6 is 11.8 Å². The summed E-state index contributed by atoms with van der Waals surface area (Å²) in [4.78, 5) is 38.3. The number of nitrogens with one attached hydrogen (secondary N) is 1. The van der Waals surface area contributed by atoms with Gasteiger partial charge >= 0.3 is 0 Å². The monoisotopic (exact) mass is 426 g/mol. The van der Waals surface area contributed by atoms with E-state index in [2.05, 4.69) is 5.32 Å². The zero-order valence-corrected chi connectivity index (χ0v) is 17.7. The number of hydrogen-bond acceptors (Lipinski definition) is 4. The molecule has 30 heavy (non-hydrogen) atoms. The van der Waals surface area contributed by atoms with Crippen LogP contribution in [-0.2, 0) is 15.0 Å². The molecular weight excluding hydrogens is 403 g/mol. The number of halogens is 1. The van der Waals surface area contributed by atoms with E-state index in [-0.39, 0.29) is 41.3 Å². The van der Waals surface area contributed by atoms with Crippen LogP contribution in [0.15, 0.2) is 59.5 Å². The molecule has 156 valence electrons. The average molecular weight is 427 g/mol. The van der Waals surface area contributed by atoms with Gasteiger partial charge in [-0.2, -0.15) is 0 Å². The second-order valence-corrected chi connectivity index (χ2v) is 8.62. The lowest BCUT2D eigenvalue weighted by molar-refractivity contribution is -0.124. The largest absolute Gasteiger partial charge is 0.354 e. The van der Waals surface area contributed by atoms with Crippen molar-refractivity contribution < 1.29 is 18.8 Å². The first-order valence-corrected chi connectivity index (χ1v) is 10.4. The van der Waals surface area contributed by atoms with E-state index >= 15 is 0 Å². The summed E-state index contributed by atoms with van der Waals surface area (Å²) < 4.78 is 13.8. The second-order valence-electron chi connectivity index (χ2n) is 7.63. The third kappa shape index (κ3) is 5.16. The summed E-state index contributed by atoms with van der Waals surface area (Å²) in [6.07, 6.45) is 1.66. The summed E-state index contributed by atoms with van der Waals surface area (Å²) in [5.41, 5.74) is 0.972. The van der Waals surface area contributed by atoms with Crippen LogP contribution < -0.4 is 5.32 Å². The molecule has 5 nitrogen and oxygen atoms in total. The van der Waals surface area contributed by atoms with E-state index in [1.54, 1.807) is 12.1 Å². The fourth-order valence-corrected chi connectivity index (χ4v) is 4.04. The average Bonchev–Trinajstić information content (AvgIpc) is 2.97. The van der Waals surface area contributed by atoms with Gasteiger partial charge in [0, 0.05) is 25.1 Å². The van der Waals surface area contributed by atoms with Crippen molar-refractivity contribution in [3.63, 3.8) is 0 Å². The number of nitrogens with zero attached hydrogens (tertiary/aromatic N) is 1. The first kappa shape index (κ1) is 21.8. The molecule has 1 N–H and O–H groups in total. The van der Waals surface area contributed by atoms with Crippen LogP contribution in [0.2, 0.25) is 0 Å². The highest BCUT2D eigenvalue weighted by Crippen LogP contribution is 2.32. The lowest BCUT2D eigenvalue weighted by Gasteiger charge is -2.24. The van der Waals surface area contributed by atoms with E-state index in [1.807, 2.05) is 44.2 Å². The van der Waals surface area contributed by atoms with Gasteiger partial charge in [0.25, 0.3) is 11.1 Å². The summed E-state index contributed by atoms with van der Waals surface area (Å²) in [5.74, 6) is -1.09. The zero-order chi connectivity index (χ0) is 21.7. The fourth-order valence-electron chi connectivity index (χ4n) is 3.19. The maximum absolute atomic E-state index is 13.8. The molecule has 0 bridgehead atoms. The van der Waals surface area contributed by atoms with E-state index in [0.29, 0.717) is 0 Å². The molecule has 1 aliphatic heterocycles. The number of benzene rings is 2. The predicted molar refractivity (Wildman–Crippen MR) is 116 cm³/mol. The molecule has 1 heterocycles. The molecule has 0 saturated carbocycles. The smallest absolute Gasteiger partial charge is 0.293 e.